The van der Waals surface area contributed by atoms with Gasteiger partial charge in [-0.3, -0.25) is 9.59 Å². The molecule has 1 atom stereocenters. The van der Waals surface area contributed by atoms with E-state index in [1.165, 1.54) is 24.3 Å². The van der Waals surface area contributed by atoms with E-state index in [0.29, 0.717) is 0 Å². The molecule has 7 heteroatoms. The van der Waals surface area contributed by atoms with Crippen LogP contribution in [0.15, 0.2) is 36.9 Å². The Balaban J connectivity index is 2.23. The molecule has 1 unspecified atom stereocenters. The predicted molar refractivity (Wildman–Crippen MR) is 75.1 cm³/mol. The fourth-order valence-corrected chi connectivity index (χ4v) is 2.38. The molecular weight excluding hydrogens is 297 g/mol. The summed E-state index contributed by atoms with van der Waals surface area (Å²) in [5.41, 5.74) is -1.09. The number of hydrogen-bond acceptors (Lipinski definition) is 2. The molecule has 118 valence electrons. The van der Waals surface area contributed by atoms with Crippen LogP contribution >= 0.6 is 0 Å². The zero-order valence-electron chi connectivity index (χ0n) is 11.7. The van der Waals surface area contributed by atoms with E-state index < -0.39 is 23.6 Å². The van der Waals surface area contributed by atoms with Crippen LogP contribution in [0.5, 0.6) is 0 Å². The van der Waals surface area contributed by atoms with Crippen molar-refractivity contribution in [1.82, 2.24) is 5.32 Å². The van der Waals surface area contributed by atoms with Crippen molar-refractivity contribution in [3.8, 4) is 0 Å². The number of anilines is 1. The second-order valence-corrected chi connectivity index (χ2v) is 4.95. The number of carbonyl (C=O) groups excluding carboxylic acids is 2. The van der Waals surface area contributed by atoms with Gasteiger partial charge in [-0.25, -0.2) is 0 Å². The van der Waals surface area contributed by atoms with Crippen LogP contribution in [0.3, 0.4) is 0 Å². The summed E-state index contributed by atoms with van der Waals surface area (Å²) >= 11 is 0. The molecule has 0 saturated carbocycles. The Kier molecular flexibility index (Phi) is 4.54. The highest BCUT2D eigenvalue weighted by molar-refractivity contribution is 6.00. The van der Waals surface area contributed by atoms with Crippen molar-refractivity contribution in [2.75, 3.05) is 18.0 Å². The number of halogens is 3. The maximum atomic E-state index is 13.0. The molecule has 0 radical (unpaired) electrons. The molecule has 0 bridgehead atoms. The minimum Gasteiger partial charge on any atom is -0.352 e. The lowest BCUT2D eigenvalue weighted by atomic mass is 10.1. The zero-order valence-corrected chi connectivity index (χ0v) is 11.7. The summed E-state index contributed by atoms with van der Waals surface area (Å²) in [6.45, 7) is 3.65. The van der Waals surface area contributed by atoms with Gasteiger partial charge in [-0.1, -0.05) is 18.2 Å². The van der Waals surface area contributed by atoms with Gasteiger partial charge in [0.2, 0.25) is 11.8 Å². The van der Waals surface area contributed by atoms with Gasteiger partial charge in [0.25, 0.3) is 0 Å². The maximum Gasteiger partial charge on any atom is 0.418 e. The third kappa shape index (κ3) is 3.29. The van der Waals surface area contributed by atoms with E-state index in [-0.39, 0.29) is 31.1 Å². The number of rotatable bonds is 4. The average molecular weight is 312 g/mol. The fraction of sp³-hybridized carbons (Fsp3) is 0.333. The zero-order chi connectivity index (χ0) is 16.3. The minimum absolute atomic E-state index is 0.0606. The highest BCUT2D eigenvalue weighted by Crippen LogP contribution is 2.38. The first-order valence-corrected chi connectivity index (χ1v) is 6.69. The first-order valence-electron chi connectivity index (χ1n) is 6.69. The lowest BCUT2D eigenvalue weighted by Crippen LogP contribution is -2.33. The van der Waals surface area contributed by atoms with Gasteiger partial charge in [0.05, 0.1) is 17.2 Å². The number of carbonyl (C=O) groups is 2. The summed E-state index contributed by atoms with van der Waals surface area (Å²) in [7, 11) is 0. The van der Waals surface area contributed by atoms with Gasteiger partial charge in [0, 0.05) is 19.5 Å². The van der Waals surface area contributed by atoms with Crippen LogP contribution in [0.4, 0.5) is 18.9 Å². The van der Waals surface area contributed by atoms with Crippen LogP contribution in [0.2, 0.25) is 0 Å². The van der Waals surface area contributed by atoms with Gasteiger partial charge in [-0.15, -0.1) is 6.58 Å². The number of amides is 2. The Morgan fingerprint density at radius 1 is 1.41 bits per heavy atom. The Hall–Kier alpha value is -2.31. The molecule has 1 fully saturated rings. The molecule has 1 aliphatic rings. The van der Waals surface area contributed by atoms with E-state index in [0.717, 1.165) is 11.0 Å². The van der Waals surface area contributed by atoms with Crippen molar-refractivity contribution in [2.45, 2.75) is 12.6 Å². The molecule has 1 aromatic carbocycles. The summed E-state index contributed by atoms with van der Waals surface area (Å²) in [6.07, 6.45) is -3.17. The molecule has 1 heterocycles. The smallest absolute Gasteiger partial charge is 0.352 e. The molecular formula is C15H15F3N2O2. The van der Waals surface area contributed by atoms with Crippen molar-refractivity contribution in [3.05, 3.63) is 42.5 Å². The first kappa shape index (κ1) is 16.1. The molecule has 22 heavy (non-hydrogen) atoms. The summed E-state index contributed by atoms with van der Waals surface area (Å²) in [4.78, 5) is 24.9. The third-order valence-corrected chi connectivity index (χ3v) is 3.42. The lowest BCUT2D eigenvalue weighted by Gasteiger charge is -2.21. The molecule has 1 N–H and O–H groups in total. The summed E-state index contributed by atoms with van der Waals surface area (Å²) in [5.74, 6) is -1.51. The molecule has 0 spiro atoms. The van der Waals surface area contributed by atoms with Crippen molar-refractivity contribution in [2.24, 2.45) is 5.92 Å². The molecule has 2 amide bonds. The van der Waals surface area contributed by atoms with E-state index in [1.54, 1.807) is 0 Å². The van der Waals surface area contributed by atoms with Gasteiger partial charge in [-0.05, 0) is 12.1 Å². The minimum atomic E-state index is -4.56. The van der Waals surface area contributed by atoms with E-state index in [4.69, 9.17) is 0 Å². The molecule has 1 saturated heterocycles. The van der Waals surface area contributed by atoms with Gasteiger partial charge < -0.3 is 10.2 Å². The second-order valence-electron chi connectivity index (χ2n) is 4.95. The van der Waals surface area contributed by atoms with E-state index in [2.05, 4.69) is 11.9 Å². The molecule has 0 aromatic heterocycles. The Morgan fingerprint density at radius 2 is 2.09 bits per heavy atom. The number of para-hydroxylation sites is 1. The molecule has 1 aromatic rings. The number of nitrogens with zero attached hydrogens (tertiary/aromatic N) is 1. The number of alkyl halides is 3. The Bertz CT molecular complexity index is 599. The van der Waals surface area contributed by atoms with Crippen molar-refractivity contribution >= 4 is 17.5 Å². The third-order valence-electron chi connectivity index (χ3n) is 3.42. The Labute approximate surface area is 125 Å². The molecule has 1 aliphatic heterocycles. The van der Waals surface area contributed by atoms with Gasteiger partial charge in [0.1, 0.15) is 0 Å². The molecule has 0 aliphatic carbocycles. The highest BCUT2D eigenvalue weighted by atomic mass is 19.4. The topological polar surface area (TPSA) is 49.4 Å². The quantitative estimate of drug-likeness (QED) is 0.868. The lowest BCUT2D eigenvalue weighted by molar-refractivity contribution is -0.137. The Morgan fingerprint density at radius 3 is 2.73 bits per heavy atom. The average Bonchev–Trinajstić information content (AvgIpc) is 2.86. The van der Waals surface area contributed by atoms with Crippen molar-refractivity contribution < 1.29 is 22.8 Å². The maximum absolute atomic E-state index is 13.0. The van der Waals surface area contributed by atoms with Crippen LogP contribution in [-0.2, 0) is 15.8 Å². The SMILES string of the molecule is C=CCNC(=O)C1CC(=O)N(c2ccccc2C(F)(F)F)C1. The van der Waals surface area contributed by atoms with Crippen molar-refractivity contribution in [3.63, 3.8) is 0 Å². The van der Waals surface area contributed by atoms with E-state index >= 15 is 0 Å². The van der Waals surface area contributed by atoms with Crippen molar-refractivity contribution in [1.29, 1.82) is 0 Å². The molecule has 2 rings (SSSR count). The number of nitrogens with one attached hydrogen (secondary N) is 1. The van der Waals surface area contributed by atoms with Gasteiger partial charge in [-0.2, -0.15) is 13.2 Å². The normalized spacial score (nSPS) is 18.4. The van der Waals surface area contributed by atoms with Gasteiger partial charge >= 0.3 is 6.18 Å². The van der Waals surface area contributed by atoms with Crippen LogP contribution in [0, 0.1) is 5.92 Å². The van der Waals surface area contributed by atoms with Crippen LogP contribution in [-0.4, -0.2) is 24.9 Å². The van der Waals surface area contributed by atoms with Crippen LogP contribution in [0.1, 0.15) is 12.0 Å². The highest BCUT2D eigenvalue weighted by Gasteiger charge is 2.40. The number of benzene rings is 1. The molecule has 4 nitrogen and oxygen atoms in total. The monoisotopic (exact) mass is 312 g/mol. The summed E-state index contributed by atoms with van der Waals surface area (Å²) in [6, 6.07) is 4.86. The summed E-state index contributed by atoms with van der Waals surface area (Å²) in [5, 5.41) is 2.55. The predicted octanol–water partition coefficient (Wildman–Crippen LogP) is 2.36. The number of hydrogen-bond donors (Lipinski definition) is 1. The van der Waals surface area contributed by atoms with Gasteiger partial charge in [0.15, 0.2) is 0 Å². The largest absolute Gasteiger partial charge is 0.418 e. The standard InChI is InChI=1S/C15H15F3N2O2/c1-2-7-19-14(22)10-8-13(21)20(9-10)12-6-4-3-5-11(12)15(16,17)18/h2-6,10H,1,7-9H2,(H,19,22). The second kappa shape index (κ2) is 6.21. The van der Waals surface area contributed by atoms with Crippen LogP contribution < -0.4 is 10.2 Å². The van der Waals surface area contributed by atoms with E-state index in [9.17, 15) is 22.8 Å². The first-order chi connectivity index (χ1) is 10.3. The van der Waals surface area contributed by atoms with Crippen LogP contribution in [0.25, 0.3) is 0 Å². The summed E-state index contributed by atoms with van der Waals surface area (Å²) < 4.78 is 39.1. The fourth-order valence-electron chi connectivity index (χ4n) is 2.38. The van der Waals surface area contributed by atoms with E-state index in [1.807, 2.05) is 0 Å².